The number of benzene rings is 1. The van der Waals surface area contributed by atoms with Gasteiger partial charge in [0.25, 0.3) is 0 Å². The number of aliphatic carboxylic acids is 1. The molecule has 42 heavy (non-hydrogen) atoms. The van der Waals surface area contributed by atoms with Crippen molar-refractivity contribution < 1.29 is 29.1 Å². The van der Waals surface area contributed by atoms with Crippen LogP contribution >= 0.6 is 0 Å². The fourth-order valence-electron chi connectivity index (χ4n) is 4.34. The van der Waals surface area contributed by atoms with E-state index in [9.17, 15) is 29.1 Å². The highest BCUT2D eigenvalue weighted by atomic mass is 16.4. The molecule has 1 rings (SSSR count). The molecule has 0 aromatic heterocycles. The van der Waals surface area contributed by atoms with Gasteiger partial charge in [-0.05, 0) is 69.5 Å². The second-order valence-corrected chi connectivity index (χ2v) is 10.7. The van der Waals surface area contributed by atoms with Gasteiger partial charge in [0.1, 0.15) is 24.2 Å². The molecule has 4 atom stereocenters. The van der Waals surface area contributed by atoms with E-state index in [0.29, 0.717) is 45.2 Å². The smallest absolute Gasteiger partial charge is 0.326 e. The number of carboxylic acids is 1. The Morgan fingerprint density at radius 2 is 1.19 bits per heavy atom. The van der Waals surface area contributed by atoms with E-state index in [1.807, 2.05) is 19.9 Å². The minimum atomic E-state index is -1.19. The van der Waals surface area contributed by atoms with Crippen LogP contribution in [0, 0.1) is 5.92 Å². The zero-order chi connectivity index (χ0) is 31.5. The number of nitrogens with two attached hydrogens (primary N) is 3. The number of carboxylic acid groups (broad SMARTS) is 1. The van der Waals surface area contributed by atoms with Gasteiger partial charge >= 0.3 is 5.97 Å². The summed E-state index contributed by atoms with van der Waals surface area (Å²) >= 11 is 0. The molecule has 0 bridgehead atoms. The van der Waals surface area contributed by atoms with Crippen molar-refractivity contribution in [3.8, 4) is 0 Å². The molecule has 236 valence electrons. The van der Waals surface area contributed by atoms with Crippen molar-refractivity contribution in [1.29, 1.82) is 0 Å². The summed E-state index contributed by atoms with van der Waals surface area (Å²) in [5, 5.41) is 20.2. The third-order valence-electron chi connectivity index (χ3n) is 6.60. The van der Waals surface area contributed by atoms with Crippen molar-refractivity contribution in [3.05, 3.63) is 35.9 Å². The summed E-state index contributed by atoms with van der Waals surface area (Å²) in [7, 11) is 0. The van der Waals surface area contributed by atoms with Crippen LogP contribution in [0.2, 0.25) is 0 Å². The van der Waals surface area contributed by atoms with Crippen LogP contribution in [0.1, 0.15) is 64.4 Å². The molecule has 4 amide bonds. The molecule has 0 radical (unpaired) electrons. The number of unbranched alkanes of at least 4 members (excludes halogenated alkanes) is 2. The van der Waals surface area contributed by atoms with Crippen LogP contribution in [0.4, 0.5) is 0 Å². The van der Waals surface area contributed by atoms with Gasteiger partial charge in [0, 0.05) is 6.42 Å². The number of nitrogens with one attached hydrogen (secondary N) is 4. The molecule has 1 aromatic rings. The van der Waals surface area contributed by atoms with Crippen LogP contribution in [-0.2, 0) is 30.4 Å². The van der Waals surface area contributed by atoms with E-state index < -0.39 is 53.8 Å². The summed E-state index contributed by atoms with van der Waals surface area (Å²) in [5.41, 5.74) is 17.3. The Morgan fingerprint density at radius 3 is 1.71 bits per heavy atom. The van der Waals surface area contributed by atoms with Crippen LogP contribution in [0.25, 0.3) is 0 Å². The molecule has 0 saturated heterocycles. The quantitative estimate of drug-likeness (QED) is 0.0861. The van der Waals surface area contributed by atoms with Gasteiger partial charge in [-0.3, -0.25) is 19.2 Å². The summed E-state index contributed by atoms with van der Waals surface area (Å²) in [6.45, 7) is 4.30. The minimum absolute atomic E-state index is 0.0642. The summed E-state index contributed by atoms with van der Waals surface area (Å²) in [4.78, 5) is 63.9. The van der Waals surface area contributed by atoms with E-state index in [0.717, 1.165) is 5.56 Å². The van der Waals surface area contributed by atoms with Gasteiger partial charge in [-0.1, -0.05) is 44.2 Å². The first-order valence-electron chi connectivity index (χ1n) is 14.6. The van der Waals surface area contributed by atoms with E-state index in [1.165, 1.54) is 0 Å². The summed E-state index contributed by atoms with van der Waals surface area (Å²) in [6.07, 6.45) is 3.10. The molecule has 0 heterocycles. The lowest BCUT2D eigenvalue weighted by Gasteiger charge is -2.26. The Morgan fingerprint density at radius 1 is 0.690 bits per heavy atom. The summed E-state index contributed by atoms with van der Waals surface area (Å²) < 4.78 is 0. The Hall–Kier alpha value is -3.55. The summed E-state index contributed by atoms with van der Waals surface area (Å²) in [5.74, 6) is -3.44. The molecule has 0 fully saturated rings. The molecule has 0 aliphatic carbocycles. The fraction of sp³-hybridized carbons (Fsp3) is 0.621. The van der Waals surface area contributed by atoms with Crippen molar-refractivity contribution in [2.24, 2.45) is 23.1 Å². The lowest BCUT2D eigenvalue weighted by Crippen LogP contribution is -2.58. The van der Waals surface area contributed by atoms with Crippen molar-refractivity contribution in [1.82, 2.24) is 21.3 Å². The molecule has 0 unspecified atom stereocenters. The third kappa shape index (κ3) is 14.4. The zero-order valence-electron chi connectivity index (χ0n) is 24.8. The van der Waals surface area contributed by atoms with E-state index >= 15 is 0 Å². The molecule has 11 N–H and O–H groups in total. The molecular formula is C29H49N7O6. The van der Waals surface area contributed by atoms with E-state index in [2.05, 4.69) is 21.3 Å². The van der Waals surface area contributed by atoms with Crippen LogP contribution in [0.15, 0.2) is 30.3 Å². The lowest BCUT2D eigenvalue weighted by atomic mass is 10.0. The van der Waals surface area contributed by atoms with E-state index in [1.54, 1.807) is 24.3 Å². The molecule has 1 aromatic carbocycles. The first-order chi connectivity index (χ1) is 20.0. The van der Waals surface area contributed by atoms with Crippen LogP contribution in [-0.4, -0.2) is 78.5 Å². The van der Waals surface area contributed by atoms with E-state index in [4.69, 9.17) is 17.2 Å². The normalized spacial score (nSPS) is 13.9. The lowest BCUT2D eigenvalue weighted by molar-refractivity contribution is -0.142. The van der Waals surface area contributed by atoms with Gasteiger partial charge in [0.15, 0.2) is 0 Å². The van der Waals surface area contributed by atoms with Gasteiger partial charge < -0.3 is 43.6 Å². The van der Waals surface area contributed by atoms with Crippen LogP contribution in [0.3, 0.4) is 0 Å². The molecule has 13 heteroatoms. The van der Waals surface area contributed by atoms with Crippen molar-refractivity contribution >= 4 is 29.6 Å². The monoisotopic (exact) mass is 591 g/mol. The minimum Gasteiger partial charge on any atom is -0.480 e. The van der Waals surface area contributed by atoms with Gasteiger partial charge in [0.05, 0.1) is 6.54 Å². The Labute approximate surface area is 248 Å². The van der Waals surface area contributed by atoms with Crippen molar-refractivity contribution in [2.75, 3.05) is 19.6 Å². The predicted octanol–water partition coefficient (Wildman–Crippen LogP) is -0.484. The number of carbonyl (C=O) groups is 5. The molecular weight excluding hydrogens is 542 g/mol. The topological polar surface area (TPSA) is 232 Å². The van der Waals surface area contributed by atoms with Gasteiger partial charge in [0.2, 0.25) is 23.6 Å². The highest BCUT2D eigenvalue weighted by Gasteiger charge is 2.31. The second kappa shape index (κ2) is 20.3. The second-order valence-electron chi connectivity index (χ2n) is 10.7. The average molecular weight is 592 g/mol. The highest BCUT2D eigenvalue weighted by molar-refractivity contribution is 5.95. The van der Waals surface area contributed by atoms with E-state index in [-0.39, 0.29) is 31.7 Å². The number of carbonyl (C=O) groups excluding carboxylic acids is 4. The van der Waals surface area contributed by atoms with Gasteiger partial charge in [-0.15, -0.1) is 0 Å². The molecule has 0 saturated carbocycles. The van der Waals surface area contributed by atoms with Crippen LogP contribution in [0.5, 0.6) is 0 Å². The predicted molar refractivity (Wildman–Crippen MR) is 160 cm³/mol. The zero-order valence-corrected chi connectivity index (χ0v) is 24.8. The van der Waals surface area contributed by atoms with Crippen LogP contribution < -0.4 is 38.5 Å². The Bertz CT molecular complexity index is 992. The van der Waals surface area contributed by atoms with Crippen molar-refractivity contribution in [3.63, 3.8) is 0 Å². The molecule has 13 nitrogen and oxygen atoms in total. The maximum Gasteiger partial charge on any atom is 0.326 e. The molecule has 0 aliphatic rings. The number of hydrogen-bond acceptors (Lipinski definition) is 8. The maximum atomic E-state index is 13.6. The number of amides is 4. The van der Waals surface area contributed by atoms with Gasteiger partial charge in [-0.2, -0.15) is 0 Å². The number of hydrogen-bond donors (Lipinski definition) is 8. The molecule has 0 aliphatic heterocycles. The van der Waals surface area contributed by atoms with Crippen molar-refractivity contribution in [2.45, 2.75) is 89.4 Å². The first-order valence-corrected chi connectivity index (χ1v) is 14.6. The summed E-state index contributed by atoms with van der Waals surface area (Å²) in [6, 6.07) is 4.78. The largest absolute Gasteiger partial charge is 0.480 e. The third-order valence-corrected chi connectivity index (χ3v) is 6.60. The SMILES string of the molecule is CC(C)C[C@H](NC(=O)CN)C(=O)N[C@@H](CCCCN)C(=O)N[C@@H](Cc1ccccc1)C(=O)N[C@@H](CCCCN)C(=O)O. The highest BCUT2D eigenvalue weighted by Crippen LogP contribution is 2.10. The first kappa shape index (κ1) is 36.5. The molecule has 0 spiro atoms. The Kier molecular flexibility index (Phi) is 17.7. The fourth-order valence-corrected chi connectivity index (χ4v) is 4.34. The maximum absolute atomic E-state index is 13.6. The Balaban J connectivity index is 3.19. The standard InChI is InChI=1S/C29H49N7O6/c1-19(2)16-23(33-25(37)18-32)27(39)34-21(12-6-8-14-30)26(38)36-24(17-20-10-4-3-5-11-20)28(40)35-22(29(41)42)13-7-9-15-31/h3-5,10-11,19,21-24H,6-9,12-18,30-32H2,1-2H3,(H,33,37)(H,34,39)(H,35,40)(H,36,38)(H,41,42)/t21-,22-,23-,24-/m0/s1. The number of rotatable bonds is 21. The van der Waals surface area contributed by atoms with Gasteiger partial charge in [-0.25, -0.2) is 4.79 Å². The average Bonchev–Trinajstić information content (AvgIpc) is 2.95.